The highest BCUT2D eigenvalue weighted by Crippen LogP contribution is 2.47. The van der Waals surface area contributed by atoms with Gasteiger partial charge in [-0.15, -0.1) is 0 Å². The van der Waals surface area contributed by atoms with E-state index in [0.29, 0.717) is 30.3 Å². The number of nitrogens with zero attached hydrogens (tertiary/aromatic N) is 4. The summed E-state index contributed by atoms with van der Waals surface area (Å²) >= 11 is 0. The Labute approximate surface area is 282 Å². The molecule has 256 valence electrons. The highest BCUT2D eigenvalue weighted by Gasteiger charge is 2.36. The molecule has 1 aromatic heterocycles. The van der Waals surface area contributed by atoms with Gasteiger partial charge in [0.2, 0.25) is 5.91 Å². The predicted octanol–water partition coefficient (Wildman–Crippen LogP) is 4.77. The van der Waals surface area contributed by atoms with Crippen LogP contribution in [0.25, 0.3) is 28.2 Å². The van der Waals surface area contributed by atoms with Gasteiger partial charge in [-0.2, -0.15) is 12.7 Å². The van der Waals surface area contributed by atoms with Gasteiger partial charge in [0.25, 0.3) is 11.8 Å². The molecular weight excluding hydrogens is 630 g/mol. The average molecular weight is 676 g/mol. The molecule has 3 heterocycles. The van der Waals surface area contributed by atoms with Gasteiger partial charge in [-0.25, -0.2) is 4.72 Å². The molecule has 1 saturated carbocycles. The number of carbonyl (C=O) groups excluding carboxylic acids is 3. The minimum atomic E-state index is -4.00. The number of nitrogens with one attached hydrogen (secondary N) is 1. The zero-order valence-corrected chi connectivity index (χ0v) is 29.4. The second-order valence-corrected chi connectivity index (χ2v) is 15.5. The van der Waals surface area contributed by atoms with Crippen LogP contribution in [0.4, 0.5) is 0 Å². The zero-order valence-electron chi connectivity index (χ0n) is 28.6. The van der Waals surface area contributed by atoms with Crippen molar-refractivity contribution in [2.75, 3.05) is 34.3 Å². The number of rotatable bonds is 6. The van der Waals surface area contributed by atoms with E-state index in [1.807, 2.05) is 54.0 Å². The summed E-state index contributed by atoms with van der Waals surface area (Å²) in [6.07, 6.45) is 7.47. The van der Waals surface area contributed by atoms with Crippen molar-refractivity contribution in [3.8, 4) is 17.0 Å². The lowest BCUT2D eigenvalue weighted by Crippen LogP contribution is -2.59. The quantitative estimate of drug-likeness (QED) is 0.402. The topological polar surface area (TPSA) is 121 Å². The van der Waals surface area contributed by atoms with E-state index >= 15 is 0 Å². The van der Waals surface area contributed by atoms with E-state index in [1.165, 1.54) is 26.1 Å². The van der Waals surface area contributed by atoms with Crippen LogP contribution in [0.3, 0.4) is 0 Å². The first-order valence-corrected chi connectivity index (χ1v) is 18.1. The fraction of sp³-hybridized carbons (Fsp3) is 0.472. The fourth-order valence-electron chi connectivity index (χ4n) is 7.89. The summed E-state index contributed by atoms with van der Waals surface area (Å²) in [5, 5.41) is 0.997. The van der Waals surface area contributed by atoms with Crippen LogP contribution in [0, 0.1) is 0 Å². The van der Waals surface area contributed by atoms with Gasteiger partial charge in [-0.1, -0.05) is 25.3 Å². The van der Waals surface area contributed by atoms with Crippen molar-refractivity contribution in [1.82, 2.24) is 23.4 Å². The Morgan fingerprint density at radius 1 is 0.958 bits per heavy atom. The van der Waals surface area contributed by atoms with Crippen molar-refractivity contribution in [3.05, 3.63) is 58.7 Å². The Morgan fingerprint density at radius 3 is 2.27 bits per heavy atom. The Bertz CT molecular complexity index is 1910. The Morgan fingerprint density at radius 2 is 1.65 bits per heavy atom. The molecule has 6 rings (SSSR count). The SMILES string of the molecule is COc1ccc2c(c1)C=C(C(=O)N1C[C@@H](C)N(C(C)=O)[C@@H](C)C1)Cn1c-2c(C2CCCCC2)c2ccc(C(=O)NS(=O)(=O)N(C)C)cc21. The normalized spacial score (nSPS) is 20.2. The number of hydrogen-bond acceptors (Lipinski definition) is 6. The number of benzene rings is 2. The lowest BCUT2D eigenvalue weighted by molar-refractivity contribution is -0.142. The molecule has 0 spiro atoms. The van der Waals surface area contributed by atoms with Crippen LogP contribution < -0.4 is 9.46 Å². The molecule has 3 amide bonds. The highest BCUT2D eigenvalue weighted by molar-refractivity contribution is 7.87. The van der Waals surface area contributed by atoms with Crippen molar-refractivity contribution in [1.29, 1.82) is 0 Å². The molecular formula is C36H45N5O6S. The second kappa shape index (κ2) is 13.0. The van der Waals surface area contributed by atoms with Gasteiger partial charge in [0.05, 0.1) is 19.3 Å². The number of aromatic nitrogens is 1. The first-order chi connectivity index (χ1) is 22.8. The molecule has 2 aliphatic heterocycles. The molecule has 1 N–H and O–H groups in total. The summed E-state index contributed by atoms with van der Waals surface area (Å²) in [6.45, 7) is 6.59. The molecule has 2 aromatic carbocycles. The molecule has 12 heteroatoms. The van der Waals surface area contributed by atoms with Crippen LogP contribution in [-0.4, -0.2) is 91.2 Å². The third kappa shape index (κ3) is 6.11. The monoisotopic (exact) mass is 675 g/mol. The van der Waals surface area contributed by atoms with E-state index in [2.05, 4.69) is 9.29 Å². The number of methoxy groups -OCH3 is 1. The molecule has 0 bridgehead atoms. The van der Waals surface area contributed by atoms with E-state index in [0.717, 1.165) is 57.7 Å². The summed E-state index contributed by atoms with van der Waals surface area (Å²) in [5.74, 6) is 0.135. The molecule has 1 aliphatic carbocycles. The van der Waals surface area contributed by atoms with Crippen LogP contribution in [0.5, 0.6) is 5.75 Å². The smallest absolute Gasteiger partial charge is 0.303 e. The third-order valence-corrected chi connectivity index (χ3v) is 11.5. The van der Waals surface area contributed by atoms with Gasteiger partial charge >= 0.3 is 10.2 Å². The molecule has 0 unspecified atom stereocenters. The molecule has 48 heavy (non-hydrogen) atoms. The van der Waals surface area contributed by atoms with Crippen molar-refractivity contribution in [2.24, 2.45) is 0 Å². The van der Waals surface area contributed by atoms with Gasteiger partial charge in [0, 0.05) is 73.8 Å². The van der Waals surface area contributed by atoms with E-state index in [1.54, 1.807) is 26.2 Å². The minimum absolute atomic E-state index is 0.00581. The summed E-state index contributed by atoms with van der Waals surface area (Å²) in [5.41, 5.74) is 5.61. The van der Waals surface area contributed by atoms with Crippen LogP contribution in [-0.2, 0) is 26.3 Å². The maximum absolute atomic E-state index is 14.5. The van der Waals surface area contributed by atoms with Gasteiger partial charge < -0.3 is 19.1 Å². The Hall–Kier alpha value is -4.16. The number of hydrogen-bond donors (Lipinski definition) is 1. The molecule has 1 saturated heterocycles. The maximum Gasteiger partial charge on any atom is 0.303 e. The van der Waals surface area contributed by atoms with E-state index in [-0.39, 0.29) is 36.0 Å². The number of piperazine rings is 1. The van der Waals surface area contributed by atoms with Crippen molar-refractivity contribution >= 4 is 44.9 Å². The van der Waals surface area contributed by atoms with Gasteiger partial charge in [-0.3, -0.25) is 14.4 Å². The molecule has 3 aliphatic rings. The number of ether oxygens (including phenoxy) is 1. The standard InChI is InChI=1S/C36H45N5O6S/c1-22-19-39(20-23(2)41(22)24(3)42)36(44)28-16-27-17-29(47-6)13-15-30(27)34-33(25-10-8-7-9-11-25)31-14-12-26(18-32(31)40(34)21-28)35(43)37-48(45,46)38(4)5/h12-18,22-23,25H,7-11,19-21H2,1-6H3,(H,37,43)/t22-,23+. The fourth-order valence-corrected chi connectivity index (χ4v) is 8.43. The summed E-state index contributed by atoms with van der Waals surface area (Å²) in [6, 6.07) is 11.0. The summed E-state index contributed by atoms with van der Waals surface area (Å²) in [4.78, 5) is 43.8. The minimum Gasteiger partial charge on any atom is -0.497 e. The predicted molar refractivity (Wildman–Crippen MR) is 186 cm³/mol. The van der Waals surface area contributed by atoms with Gasteiger partial charge in [0.1, 0.15) is 5.75 Å². The van der Waals surface area contributed by atoms with Crippen molar-refractivity contribution in [2.45, 2.75) is 77.4 Å². The molecule has 3 aromatic rings. The van der Waals surface area contributed by atoms with Crippen LogP contribution in [0.2, 0.25) is 0 Å². The van der Waals surface area contributed by atoms with Crippen molar-refractivity contribution < 1.29 is 27.5 Å². The van der Waals surface area contributed by atoms with Crippen LogP contribution >= 0.6 is 0 Å². The lowest BCUT2D eigenvalue weighted by atomic mass is 9.81. The third-order valence-electron chi connectivity index (χ3n) is 10.1. The maximum atomic E-state index is 14.5. The van der Waals surface area contributed by atoms with E-state index in [9.17, 15) is 22.8 Å². The highest BCUT2D eigenvalue weighted by atomic mass is 32.2. The molecule has 2 atom stereocenters. The van der Waals surface area contributed by atoms with Crippen LogP contribution in [0.1, 0.15) is 80.3 Å². The van der Waals surface area contributed by atoms with Crippen LogP contribution in [0.15, 0.2) is 42.0 Å². The summed E-state index contributed by atoms with van der Waals surface area (Å²) in [7, 11) is 0.348. The van der Waals surface area contributed by atoms with E-state index < -0.39 is 16.1 Å². The average Bonchev–Trinajstić information content (AvgIpc) is 3.26. The Kier molecular flexibility index (Phi) is 9.16. The summed E-state index contributed by atoms with van der Waals surface area (Å²) < 4.78 is 35.9. The van der Waals surface area contributed by atoms with E-state index in [4.69, 9.17) is 4.74 Å². The Balaban J connectivity index is 1.52. The zero-order chi connectivity index (χ0) is 34.5. The first kappa shape index (κ1) is 33.7. The lowest BCUT2D eigenvalue weighted by Gasteiger charge is -2.44. The van der Waals surface area contributed by atoms with Crippen molar-refractivity contribution in [3.63, 3.8) is 0 Å². The largest absolute Gasteiger partial charge is 0.497 e. The van der Waals surface area contributed by atoms with Gasteiger partial charge in [0.15, 0.2) is 0 Å². The first-order valence-electron chi connectivity index (χ1n) is 16.7. The second-order valence-electron chi connectivity index (χ2n) is 13.6. The van der Waals surface area contributed by atoms with Gasteiger partial charge in [-0.05, 0) is 80.1 Å². The molecule has 2 fully saturated rings. The number of fused-ring (bicyclic) bond motifs is 5. The molecule has 0 radical (unpaired) electrons. The number of carbonyl (C=O) groups is 3. The molecule has 11 nitrogen and oxygen atoms in total. The number of amides is 3.